The second-order valence-corrected chi connectivity index (χ2v) is 7.92. The Kier molecular flexibility index (Phi) is 4.14. The number of hydrogen-bond donors (Lipinski definition) is 2. The largest absolute Gasteiger partial charge is 0.454 e. The number of rotatable bonds is 4. The number of H-pyrrole nitrogens is 1. The molecule has 32 heavy (non-hydrogen) atoms. The van der Waals surface area contributed by atoms with Crippen molar-refractivity contribution in [3.8, 4) is 34.0 Å². The SMILES string of the molecule is NC(=O)N(Cc1ccc2c(c1)OCO2)c1ccc(-c2n[nH]c3c2Cc2ccccc2-3)cc1. The van der Waals surface area contributed by atoms with Crippen LogP contribution >= 0.6 is 0 Å². The number of hydrogen-bond acceptors (Lipinski definition) is 4. The van der Waals surface area contributed by atoms with E-state index in [2.05, 4.69) is 28.4 Å². The van der Waals surface area contributed by atoms with Gasteiger partial charge in [0.05, 0.1) is 17.9 Å². The summed E-state index contributed by atoms with van der Waals surface area (Å²) >= 11 is 0. The summed E-state index contributed by atoms with van der Waals surface area (Å²) < 4.78 is 10.8. The molecule has 1 aliphatic carbocycles. The molecule has 0 atom stereocenters. The van der Waals surface area contributed by atoms with Crippen LogP contribution in [0.2, 0.25) is 0 Å². The Hall–Kier alpha value is -4.26. The number of carbonyl (C=O) groups excluding carboxylic acids is 1. The standard InChI is InChI=1S/C25H20N4O3/c26-25(30)29(13-15-5-10-21-22(11-15)32-14-31-21)18-8-6-16(7-9-18)23-20-12-17-3-1-2-4-19(17)24(20)28-27-23/h1-11H,12-14H2,(H2,26,30)(H,27,28). The summed E-state index contributed by atoms with van der Waals surface area (Å²) in [5.41, 5.74) is 14.0. The van der Waals surface area contributed by atoms with Gasteiger partial charge in [-0.1, -0.05) is 42.5 Å². The van der Waals surface area contributed by atoms with Crippen LogP contribution < -0.4 is 20.1 Å². The molecule has 6 rings (SSSR count). The minimum absolute atomic E-state index is 0.210. The summed E-state index contributed by atoms with van der Waals surface area (Å²) in [5.74, 6) is 1.38. The fourth-order valence-electron chi connectivity index (χ4n) is 4.43. The number of nitrogens with one attached hydrogen (secondary N) is 1. The zero-order valence-electron chi connectivity index (χ0n) is 17.2. The Labute approximate surface area is 184 Å². The molecule has 4 aromatic rings. The van der Waals surface area contributed by atoms with Crippen molar-refractivity contribution in [3.63, 3.8) is 0 Å². The molecule has 7 heteroatoms. The first kappa shape index (κ1) is 18.5. The maximum atomic E-state index is 12.2. The maximum absolute atomic E-state index is 12.2. The Balaban J connectivity index is 1.27. The number of anilines is 1. The van der Waals surface area contributed by atoms with Crippen LogP contribution in [-0.4, -0.2) is 23.0 Å². The number of nitrogens with two attached hydrogens (primary N) is 1. The topological polar surface area (TPSA) is 93.5 Å². The lowest BCUT2D eigenvalue weighted by Gasteiger charge is -2.21. The molecule has 0 saturated heterocycles. The first-order chi connectivity index (χ1) is 15.7. The number of nitrogens with zero attached hydrogens (tertiary/aromatic N) is 2. The van der Waals surface area contributed by atoms with Crippen molar-refractivity contribution in [1.29, 1.82) is 0 Å². The predicted octanol–water partition coefficient (Wildman–Crippen LogP) is 4.46. The number of primary amides is 1. The Morgan fingerprint density at radius 3 is 2.69 bits per heavy atom. The van der Waals surface area contributed by atoms with E-state index in [1.807, 2.05) is 48.5 Å². The fraction of sp³-hybridized carbons (Fsp3) is 0.120. The molecule has 158 valence electrons. The molecule has 2 amide bonds. The summed E-state index contributed by atoms with van der Waals surface area (Å²) in [5, 5.41) is 7.75. The smallest absolute Gasteiger partial charge is 0.319 e. The summed E-state index contributed by atoms with van der Waals surface area (Å²) in [6.45, 7) is 0.542. The highest BCUT2D eigenvalue weighted by Crippen LogP contribution is 2.40. The molecule has 1 aliphatic heterocycles. The van der Waals surface area contributed by atoms with Gasteiger partial charge in [0.1, 0.15) is 0 Å². The molecule has 2 aliphatic rings. The van der Waals surface area contributed by atoms with E-state index in [0.29, 0.717) is 18.0 Å². The molecule has 0 fully saturated rings. The van der Waals surface area contributed by atoms with Crippen LogP contribution in [0, 0.1) is 0 Å². The van der Waals surface area contributed by atoms with E-state index >= 15 is 0 Å². The van der Waals surface area contributed by atoms with Gasteiger partial charge in [0.2, 0.25) is 6.79 Å². The van der Waals surface area contributed by atoms with Crippen LogP contribution in [0.5, 0.6) is 11.5 Å². The molecular weight excluding hydrogens is 404 g/mol. The van der Waals surface area contributed by atoms with Gasteiger partial charge in [0.25, 0.3) is 0 Å². The third-order valence-electron chi connectivity index (χ3n) is 6.02. The van der Waals surface area contributed by atoms with Crippen molar-refractivity contribution in [2.75, 3.05) is 11.7 Å². The van der Waals surface area contributed by atoms with E-state index in [4.69, 9.17) is 15.2 Å². The van der Waals surface area contributed by atoms with E-state index in [1.165, 1.54) is 21.6 Å². The van der Waals surface area contributed by atoms with Crippen molar-refractivity contribution in [2.24, 2.45) is 5.73 Å². The minimum atomic E-state index is -0.522. The molecule has 1 aromatic heterocycles. The van der Waals surface area contributed by atoms with Gasteiger partial charge in [-0.25, -0.2) is 4.79 Å². The lowest BCUT2D eigenvalue weighted by Crippen LogP contribution is -2.35. The average molecular weight is 424 g/mol. The van der Waals surface area contributed by atoms with Crippen LogP contribution in [0.15, 0.2) is 66.7 Å². The van der Waals surface area contributed by atoms with Gasteiger partial charge in [0.15, 0.2) is 11.5 Å². The number of fused-ring (bicyclic) bond motifs is 4. The minimum Gasteiger partial charge on any atom is -0.454 e. The second kappa shape index (κ2) is 7.16. The quantitative estimate of drug-likeness (QED) is 0.445. The summed E-state index contributed by atoms with van der Waals surface area (Å²) in [4.78, 5) is 13.7. The van der Waals surface area contributed by atoms with Crippen molar-refractivity contribution in [1.82, 2.24) is 10.2 Å². The number of aromatic nitrogens is 2. The first-order valence-corrected chi connectivity index (χ1v) is 10.4. The van der Waals surface area contributed by atoms with Gasteiger partial charge in [0, 0.05) is 28.8 Å². The third kappa shape index (κ3) is 2.98. The van der Waals surface area contributed by atoms with Crippen molar-refractivity contribution >= 4 is 11.7 Å². The average Bonchev–Trinajstić information content (AvgIpc) is 3.52. The fourth-order valence-corrected chi connectivity index (χ4v) is 4.43. The van der Waals surface area contributed by atoms with Crippen LogP contribution in [0.1, 0.15) is 16.7 Å². The number of amides is 2. The van der Waals surface area contributed by atoms with E-state index < -0.39 is 6.03 Å². The second-order valence-electron chi connectivity index (χ2n) is 7.92. The molecule has 0 bridgehead atoms. The predicted molar refractivity (Wildman–Crippen MR) is 121 cm³/mol. The summed E-state index contributed by atoms with van der Waals surface area (Å²) in [6, 6.07) is 21.2. The molecular formula is C25H20N4O3. The molecule has 3 N–H and O–H groups in total. The van der Waals surface area contributed by atoms with Gasteiger partial charge in [-0.15, -0.1) is 0 Å². The lowest BCUT2D eigenvalue weighted by atomic mass is 10.0. The highest BCUT2D eigenvalue weighted by atomic mass is 16.7. The van der Waals surface area contributed by atoms with Crippen LogP contribution in [-0.2, 0) is 13.0 Å². The zero-order valence-corrected chi connectivity index (χ0v) is 17.2. The Morgan fingerprint density at radius 1 is 1.03 bits per heavy atom. The Morgan fingerprint density at radius 2 is 1.84 bits per heavy atom. The van der Waals surface area contributed by atoms with E-state index in [1.54, 1.807) is 0 Å². The van der Waals surface area contributed by atoms with Crippen LogP contribution in [0.3, 0.4) is 0 Å². The molecule has 7 nitrogen and oxygen atoms in total. The summed E-state index contributed by atoms with van der Waals surface area (Å²) in [7, 11) is 0. The molecule has 0 unspecified atom stereocenters. The van der Waals surface area contributed by atoms with Crippen LogP contribution in [0.25, 0.3) is 22.5 Å². The monoisotopic (exact) mass is 424 g/mol. The number of aromatic amines is 1. The maximum Gasteiger partial charge on any atom is 0.319 e. The van der Waals surface area contributed by atoms with Crippen molar-refractivity contribution < 1.29 is 14.3 Å². The van der Waals surface area contributed by atoms with E-state index in [0.717, 1.165) is 34.6 Å². The third-order valence-corrected chi connectivity index (χ3v) is 6.02. The van der Waals surface area contributed by atoms with Gasteiger partial charge in [-0.05, 0) is 35.4 Å². The summed E-state index contributed by atoms with van der Waals surface area (Å²) in [6.07, 6.45) is 0.858. The van der Waals surface area contributed by atoms with E-state index in [9.17, 15) is 4.79 Å². The molecule has 0 spiro atoms. The highest BCUT2D eigenvalue weighted by Gasteiger charge is 2.25. The van der Waals surface area contributed by atoms with Gasteiger partial charge < -0.3 is 15.2 Å². The molecule has 2 heterocycles. The Bertz CT molecular complexity index is 1340. The number of urea groups is 1. The number of benzene rings is 3. The lowest BCUT2D eigenvalue weighted by molar-refractivity contribution is 0.174. The molecule has 0 saturated carbocycles. The number of ether oxygens (including phenoxy) is 2. The van der Waals surface area contributed by atoms with Gasteiger partial charge in [-0.2, -0.15) is 5.10 Å². The van der Waals surface area contributed by atoms with E-state index in [-0.39, 0.29) is 6.79 Å². The van der Waals surface area contributed by atoms with Crippen molar-refractivity contribution in [2.45, 2.75) is 13.0 Å². The molecule has 3 aromatic carbocycles. The van der Waals surface area contributed by atoms with Gasteiger partial charge >= 0.3 is 6.03 Å². The normalized spacial score (nSPS) is 13.0. The first-order valence-electron chi connectivity index (χ1n) is 10.4. The van der Waals surface area contributed by atoms with Crippen LogP contribution in [0.4, 0.5) is 10.5 Å². The zero-order chi connectivity index (χ0) is 21.7. The number of carbonyl (C=O) groups is 1. The van der Waals surface area contributed by atoms with Crippen molar-refractivity contribution in [3.05, 3.63) is 83.4 Å². The highest BCUT2D eigenvalue weighted by molar-refractivity contribution is 5.91. The molecule has 0 radical (unpaired) electrons. The van der Waals surface area contributed by atoms with Gasteiger partial charge in [-0.3, -0.25) is 10.00 Å².